The van der Waals surface area contributed by atoms with Gasteiger partial charge in [-0.1, -0.05) is 0 Å². The standard InChI is InChI=1S/C26H25F6N5O3/c1-14(22(38)36-21-7-6-18(12-34-21)40-17-4-2-16(27)3-5-17)37-9-8-25(30,31)20(13-37)15-10-19(23(39)35-11-15)26(32,33)24(28)29/h2-7,10-12,14,20,24H,8-9,13,33H2,1H3,(H,35,39)(H,34,36,38)/t14?,20?,26-/m0/s1. The number of amides is 1. The molecule has 0 radical (unpaired) electrons. The van der Waals surface area contributed by atoms with Gasteiger partial charge in [0.1, 0.15) is 23.1 Å². The molecule has 214 valence electrons. The largest absolute Gasteiger partial charge is 0.456 e. The quantitative estimate of drug-likeness (QED) is 0.272. The number of aromatic nitrogens is 2. The van der Waals surface area contributed by atoms with Gasteiger partial charge in [-0.15, -0.1) is 0 Å². The summed E-state index contributed by atoms with van der Waals surface area (Å²) >= 11 is 0. The summed E-state index contributed by atoms with van der Waals surface area (Å²) < 4.78 is 88.9. The van der Waals surface area contributed by atoms with Crippen LogP contribution >= 0.6 is 0 Å². The van der Waals surface area contributed by atoms with Crippen LogP contribution in [0.2, 0.25) is 0 Å². The van der Waals surface area contributed by atoms with Crippen LogP contribution in [0.3, 0.4) is 0 Å². The van der Waals surface area contributed by atoms with Crippen molar-refractivity contribution in [2.24, 2.45) is 5.73 Å². The van der Waals surface area contributed by atoms with Gasteiger partial charge in [0, 0.05) is 25.7 Å². The highest BCUT2D eigenvalue weighted by molar-refractivity contribution is 5.93. The number of pyridine rings is 2. The third kappa shape index (κ3) is 6.28. The number of carbonyl (C=O) groups is 1. The molecule has 1 aliphatic heterocycles. The highest BCUT2D eigenvalue weighted by Gasteiger charge is 2.48. The van der Waals surface area contributed by atoms with Gasteiger partial charge < -0.3 is 15.0 Å². The molecule has 2 aromatic heterocycles. The van der Waals surface area contributed by atoms with Gasteiger partial charge in [-0.2, -0.15) is 0 Å². The van der Waals surface area contributed by atoms with Crippen LogP contribution < -0.4 is 21.3 Å². The van der Waals surface area contributed by atoms with Crippen molar-refractivity contribution in [3.8, 4) is 11.5 Å². The number of H-pyrrole nitrogens is 1. The lowest BCUT2D eigenvalue weighted by atomic mass is 9.86. The summed E-state index contributed by atoms with van der Waals surface area (Å²) in [7, 11) is 0. The van der Waals surface area contributed by atoms with Gasteiger partial charge in [-0.25, -0.2) is 31.3 Å². The number of ether oxygens (including phenoxy) is 1. The zero-order valence-electron chi connectivity index (χ0n) is 21.0. The van der Waals surface area contributed by atoms with Crippen molar-refractivity contribution >= 4 is 11.7 Å². The molecule has 1 amide bonds. The second kappa shape index (κ2) is 11.3. The number of aromatic amines is 1. The molecule has 3 heterocycles. The van der Waals surface area contributed by atoms with Crippen molar-refractivity contribution in [3.63, 3.8) is 0 Å². The molecule has 14 heteroatoms. The number of nitrogens with zero attached hydrogens (tertiary/aromatic N) is 2. The molecule has 8 nitrogen and oxygen atoms in total. The molecule has 3 aromatic rings. The highest BCUT2D eigenvalue weighted by Crippen LogP contribution is 2.41. The van der Waals surface area contributed by atoms with E-state index in [9.17, 15) is 35.9 Å². The van der Waals surface area contributed by atoms with Gasteiger partial charge in [0.05, 0.1) is 23.7 Å². The Balaban J connectivity index is 1.45. The third-order valence-corrected chi connectivity index (χ3v) is 6.68. The van der Waals surface area contributed by atoms with Crippen LogP contribution in [-0.2, 0) is 10.6 Å². The van der Waals surface area contributed by atoms with E-state index in [1.165, 1.54) is 54.4 Å². The maximum absolute atomic E-state index is 14.9. The first-order valence-electron chi connectivity index (χ1n) is 12.1. The molecule has 40 heavy (non-hydrogen) atoms. The maximum atomic E-state index is 14.9. The van der Waals surface area contributed by atoms with E-state index in [0.29, 0.717) is 17.6 Å². The van der Waals surface area contributed by atoms with Crippen LogP contribution in [0.5, 0.6) is 11.5 Å². The van der Waals surface area contributed by atoms with E-state index in [1.54, 1.807) is 0 Å². The first kappa shape index (κ1) is 29.1. The Morgan fingerprint density at radius 3 is 2.52 bits per heavy atom. The predicted molar refractivity (Wildman–Crippen MR) is 133 cm³/mol. The number of benzene rings is 1. The molecule has 0 saturated carbocycles. The number of carbonyl (C=O) groups excluding carboxylic acids is 1. The van der Waals surface area contributed by atoms with Crippen LogP contribution in [-0.4, -0.2) is 52.3 Å². The summed E-state index contributed by atoms with van der Waals surface area (Å²) in [6, 6.07) is 7.99. The van der Waals surface area contributed by atoms with E-state index in [2.05, 4.69) is 10.3 Å². The van der Waals surface area contributed by atoms with Crippen LogP contribution in [0.1, 0.15) is 30.4 Å². The number of anilines is 1. The first-order chi connectivity index (χ1) is 18.8. The van der Waals surface area contributed by atoms with Crippen molar-refractivity contribution in [2.75, 3.05) is 18.4 Å². The maximum Gasteiger partial charge on any atom is 0.289 e. The molecule has 0 aliphatic carbocycles. The average molecular weight is 570 g/mol. The van der Waals surface area contributed by atoms with E-state index < -0.39 is 65.9 Å². The number of nitrogens with one attached hydrogen (secondary N) is 2. The summed E-state index contributed by atoms with van der Waals surface area (Å²) in [4.78, 5) is 32.4. The molecular weight excluding hydrogens is 544 g/mol. The predicted octanol–water partition coefficient (Wildman–Crippen LogP) is 4.50. The lowest BCUT2D eigenvalue weighted by molar-refractivity contribution is -0.125. The SMILES string of the molecule is CC(C(=O)Nc1ccc(Oc2ccc(F)cc2)cn1)N1CCC(F)(F)C(c2c[nH]c(=O)c([C@@](N)(F)C(F)F)c2)C1. The number of hydrogen-bond acceptors (Lipinski definition) is 6. The van der Waals surface area contributed by atoms with Gasteiger partial charge in [-0.05, 0) is 55.0 Å². The minimum atomic E-state index is -3.84. The second-order valence-corrected chi connectivity index (χ2v) is 9.40. The Morgan fingerprint density at radius 1 is 1.23 bits per heavy atom. The van der Waals surface area contributed by atoms with Crippen molar-refractivity contribution in [3.05, 3.63) is 82.2 Å². The number of nitrogens with two attached hydrogens (primary N) is 1. The molecule has 3 atom stereocenters. The lowest BCUT2D eigenvalue weighted by Crippen LogP contribution is -2.52. The number of alkyl halides is 5. The third-order valence-electron chi connectivity index (χ3n) is 6.68. The molecule has 0 spiro atoms. The number of hydrogen-bond donors (Lipinski definition) is 3. The lowest BCUT2D eigenvalue weighted by Gasteiger charge is -2.40. The smallest absolute Gasteiger partial charge is 0.289 e. The van der Waals surface area contributed by atoms with E-state index in [-0.39, 0.29) is 17.9 Å². The molecule has 2 unspecified atom stereocenters. The molecule has 4 rings (SSSR count). The summed E-state index contributed by atoms with van der Waals surface area (Å²) in [5.74, 6) is -8.97. The van der Waals surface area contributed by atoms with Gasteiger partial charge in [0.25, 0.3) is 23.7 Å². The van der Waals surface area contributed by atoms with Gasteiger partial charge in [0.2, 0.25) is 5.91 Å². The van der Waals surface area contributed by atoms with Crippen LogP contribution in [0.25, 0.3) is 0 Å². The molecule has 1 aromatic carbocycles. The van der Waals surface area contributed by atoms with Gasteiger partial charge in [-0.3, -0.25) is 20.2 Å². The molecule has 0 bridgehead atoms. The van der Waals surface area contributed by atoms with Crippen molar-refractivity contribution in [1.29, 1.82) is 0 Å². The van der Waals surface area contributed by atoms with Crippen molar-refractivity contribution in [2.45, 2.75) is 43.4 Å². The molecular formula is C26H25F6N5O3. The van der Waals surface area contributed by atoms with Crippen LogP contribution in [0.15, 0.2) is 59.7 Å². The van der Waals surface area contributed by atoms with E-state index >= 15 is 0 Å². The molecule has 1 aliphatic rings. The summed E-state index contributed by atoms with van der Waals surface area (Å²) in [5.41, 5.74) is 2.24. The number of piperidine rings is 1. The molecule has 4 N–H and O–H groups in total. The number of likely N-dealkylation sites (tertiary alicyclic amines) is 1. The monoisotopic (exact) mass is 569 g/mol. The van der Waals surface area contributed by atoms with Crippen molar-refractivity contribution in [1.82, 2.24) is 14.9 Å². The number of rotatable bonds is 8. The van der Waals surface area contributed by atoms with Crippen molar-refractivity contribution < 1.29 is 35.9 Å². The summed E-state index contributed by atoms with van der Waals surface area (Å²) in [6.07, 6.45) is -2.22. The minimum absolute atomic E-state index is 0.154. The number of halogens is 6. The fraction of sp³-hybridized carbons (Fsp3) is 0.346. The summed E-state index contributed by atoms with van der Waals surface area (Å²) in [6.45, 7) is 0.917. The van der Waals surface area contributed by atoms with Crippen LogP contribution in [0, 0.1) is 5.82 Å². The topological polar surface area (TPSA) is 113 Å². The normalized spacial score (nSPS) is 19.6. The zero-order chi connectivity index (χ0) is 29.2. The van der Waals surface area contributed by atoms with Gasteiger partial charge >= 0.3 is 0 Å². The average Bonchev–Trinajstić information content (AvgIpc) is 2.91. The van der Waals surface area contributed by atoms with E-state index in [4.69, 9.17) is 10.5 Å². The second-order valence-electron chi connectivity index (χ2n) is 9.40. The van der Waals surface area contributed by atoms with Gasteiger partial charge in [0.15, 0.2) is 0 Å². The van der Waals surface area contributed by atoms with Crippen LogP contribution in [0.4, 0.5) is 32.2 Å². The fourth-order valence-electron chi connectivity index (χ4n) is 4.28. The molecule has 1 saturated heterocycles. The van der Waals surface area contributed by atoms with E-state index in [0.717, 1.165) is 6.20 Å². The Hall–Kier alpha value is -3.91. The Morgan fingerprint density at radius 2 is 1.90 bits per heavy atom. The summed E-state index contributed by atoms with van der Waals surface area (Å²) in [5, 5.41) is 2.58. The zero-order valence-corrected chi connectivity index (χ0v) is 21.0. The minimum Gasteiger partial charge on any atom is -0.456 e. The van der Waals surface area contributed by atoms with E-state index in [1.807, 2.05) is 4.98 Å². The Kier molecular flexibility index (Phi) is 8.21. The fourth-order valence-corrected chi connectivity index (χ4v) is 4.28. The Bertz CT molecular complexity index is 1400. The first-order valence-corrected chi connectivity index (χ1v) is 12.1. The highest BCUT2D eigenvalue weighted by atomic mass is 19.3. The Labute approximate surface area is 224 Å². The molecule has 1 fully saturated rings.